The van der Waals surface area contributed by atoms with Crippen LogP contribution in [-0.2, 0) is 20.7 Å². The van der Waals surface area contributed by atoms with Crippen LogP contribution in [0.15, 0.2) is 41.7 Å². The first-order valence-electron chi connectivity index (χ1n) is 7.62. The number of aliphatic hydroxyl groups is 1. The number of carbonyl (C=O) groups is 2. The van der Waals surface area contributed by atoms with Crippen molar-refractivity contribution in [3.05, 3.63) is 47.2 Å². The van der Waals surface area contributed by atoms with Gasteiger partial charge in [0, 0.05) is 0 Å². The van der Waals surface area contributed by atoms with E-state index >= 15 is 0 Å². The second-order valence-electron chi connectivity index (χ2n) is 5.69. The van der Waals surface area contributed by atoms with Gasteiger partial charge in [0.1, 0.15) is 5.57 Å². The molecule has 0 saturated carbocycles. The molecule has 3 rings (SSSR count). The van der Waals surface area contributed by atoms with Crippen LogP contribution in [0.2, 0.25) is 0 Å². The third kappa shape index (κ3) is 2.90. The number of Topliss-reactive ketones (excluding diaryl/α,β-unsaturated/α-hetero) is 1. The number of rotatable bonds is 5. The number of ketones is 1. The van der Waals surface area contributed by atoms with Crippen molar-refractivity contribution in [2.24, 2.45) is 0 Å². The lowest BCUT2D eigenvalue weighted by molar-refractivity contribution is -0.141. The van der Waals surface area contributed by atoms with Gasteiger partial charge in [-0.3, -0.25) is 4.79 Å². The van der Waals surface area contributed by atoms with Crippen molar-refractivity contribution in [3.63, 3.8) is 0 Å². The Kier molecular flexibility index (Phi) is 4.24. The number of carbonyl (C=O) groups excluding carboxylic acids is 2. The first-order valence-corrected chi connectivity index (χ1v) is 7.62. The predicted molar refractivity (Wildman–Crippen MR) is 80.3 cm³/mol. The van der Waals surface area contributed by atoms with Gasteiger partial charge >= 0.3 is 5.97 Å². The minimum Gasteiger partial charge on any atom is -0.507 e. The van der Waals surface area contributed by atoms with Crippen molar-refractivity contribution in [2.75, 3.05) is 6.54 Å². The first kappa shape index (κ1) is 14.8. The Morgan fingerprint density at radius 2 is 2.09 bits per heavy atom. The van der Waals surface area contributed by atoms with E-state index in [-0.39, 0.29) is 23.2 Å². The molecular weight excluding hydrogens is 282 g/mol. The number of aliphatic hydroxyl groups excluding tert-OH is 1. The van der Waals surface area contributed by atoms with E-state index in [9.17, 15) is 14.7 Å². The molecule has 2 atom stereocenters. The molecule has 0 amide bonds. The summed E-state index contributed by atoms with van der Waals surface area (Å²) in [6.45, 7) is 0.761. The molecule has 0 unspecified atom stereocenters. The molecule has 2 heterocycles. The molecule has 0 aliphatic carbocycles. The van der Waals surface area contributed by atoms with Gasteiger partial charge in [0.25, 0.3) is 0 Å². The number of benzene rings is 1. The molecule has 0 radical (unpaired) electrons. The molecule has 5 nitrogen and oxygen atoms in total. The van der Waals surface area contributed by atoms with Gasteiger partial charge in [0.15, 0.2) is 17.6 Å². The lowest BCUT2D eigenvalue weighted by Gasteiger charge is -2.09. The van der Waals surface area contributed by atoms with E-state index in [0.717, 1.165) is 18.5 Å². The van der Waals surface area contributed by atoms with Crippen LogP contribution >= 0.6 is 0 Å². The number of hydrogen-bond donors (Lipinski definition) is 2. The van der Waals surface area contributed by atoms with E-state index in [1.807, 2.05) is 30.3 Å². The molecule has 2 N–H and O–H groups in total. The molecule has 1 saturated heterocycles. The molecule has 22 heavy (non-hydrogen) atoms. The van der Waals surface area contributed by atoms with Gasteiger partial charge in [-0.05, 0) is 37.8 Å². The fourth-order valence-corrected chi connectivity index (χ4v) is 2.96. The van der Waals surface area contributed by atoms with Crippen LogP contribution in [0.25, 0.3) is 0 Å². The van der Waals surface area contributed by atoms with Crippen molar-refractivity contribution >= 4 is 11.8 Å². The molecule has 1 aromatic carbocycles. The predicted octanol–water partition coefficient (Wildman–Crippen LogP) is 1.68. The number of cyclic esters (lactones) is 1. The lowest BCUT2D eigenvalue weighted by atomic mass is 10.00. The highest BCUT2D eigenvalue weighted by Gasteiger charge is 2.40. The third-order valence-electron chi connectivity index (χ3n) is 4.18. The number of esters is 1. The first-order chi connectivity index (χ1) is 10.7. The van der Waals surface area contributed by atoms with Gasteiger partial charge < -0.3 is 15.2 Å². The summed E-state index contributed by atoms with van der Waals surface area (Å²) in [4.78, 5) is 24.2. The van der Waals surface area contributed by atoms with Gasteiger partial charge in [-0.1, -0.05) is 30.3 Å². The number of hydrogen-bond acceptors (Lipinski definition) is 5. The summed E-state index contributed by atoms with van der Waals surface area (Å²) in [6.07, 6.45) is 2.02. The van der Waals surface area contributed by atoms with Crippen molar-refractivity contribution < 1.29 is 19.4 Å². The highest BCUT2D eigenvalue weighted by atomic mass is 16.6. The maximum Gasteiger partial charge on any atom is 0.346 e. The molecule has 5 heteroatoms. The van der Waals surface area contributed by atoms with Crippen molar-refractivity contribution in [1.82, 2.24) is 5.32 Å². The van der Waals surface area contributed by atoms with Crippen LogP contribution in [0, 0.1) is 0 Å². The zero-order valence-electron chi connectivity index (χ0n) is 12.2. The Morgan fingerprint density at radius 1 is 1.32 bits per heavy atom. The zero-order valence-corrected chi connectivity index (χ0v) is 12.2. The zero-order chi connectivity index (χ0) is 15.5. The lowest BCUT2D eigenvalue weighted by Crippen LogP contribution is -2.33. The molecule has 2 aliphatic rings. The summed E-state index contributed by atoms with van der Waals surface area (Å²) >= 11 is 0. The summed E-state index contributed by atoms with van der Waals surface area (Å²) in [5.74, 6) is -1.25. The second-order valence-corrected chi connectivity index (χ2v) is 5.69. The van der Waals surface area contributed by atoms with Crippen LogP contribution in [0.4, 0.5) is 0 Å². The largest absolute Gasteiger partial charge is 0.507 e. The second kappa shape index (κ2) is 6.32. The molecule has 116 valence electrons. The molecule has 0 bridgehead atoms. The third-order valence-corrected chi connectivity index (χ3v) is 4.18. The number of nitrogens with one attached hydrogen (secondary N) is 1. The van der Waals surface area contributed by atoms with Crippen LogP contribution in [-0.4, -0.2) is 35.5 Å². The molecule has 1 fully saturated rings. The fourth-order valence-electron chi connectivity index (χ4n) is 2.96. The molecule has 1 aromatic rings. The van der Waals surface area contributed by atoms with E-state index in [4.69, 9.17) is 4.74 Å². The number of aryl methyl sites for hydroxylation is 1. The molecule has 0 spiro atoms. The van der Waals surface area contributed by atoms with Gasteiger partial charge in [-0.2, -0.15) is 0 Å². The van der Waals surface area contributed by atoms with Crippen LogP contribution in [0.5, 0.6) is 0 Å². The van der Waals surface area contributed by atoms with Crippen LogP contribution in [0.3, 0.4) is 0 Å². The summed E-state index contributed by atoms with van der Waals surface area (Å²) in [7, 11) is 0. The van der Waals surface area contributed by atoms with Crippen molar-refractivity contribution in [3.8, 4) is 0 Å². The maximum atomic E-state index is 12.3. The van der Waals surface area contributed by atoms with Gasteiger partial charge in [-0.15, -0.1) is 0 Å². The van der Waals surface area contributed by atoms with E-state index in [2.05, 4.69) is 5.32 Å². The van der Waals surface area contributed by atoms with Crippen molar-refractivity contribution in [2.45, 2.75) is 37.8 Å². The van der Waals surface area contributed by atoms with E-state index in [1.54, 1.807) is 0 Å². The summed E-state index contributed by atoms with van der Waals surface area (Å²) in [6, 6.07) is 9.39. The summed E-state index contributed by atoms with van der Waals surface area (Å²) < 4.78 is 5.18. The Morgan fingerprint density at radius 3 is 2.77 bits per heavy atom. The monoisotopic (exact) mass is 301 g/mol. The Bertz CT molecular complexity index is 602. The molecule has 2 aliphatic heterocycles. The SMILES string of the molecule is O=C1O[C@H](CCc2ccccc2)C(O)=C1C(=O)[C@@H]1CCCN1. The van der Waals surface area contributed by atoms with Gasteiger partial charge in [0.2, 0.25) is 0 Å². The van der Waals surface area contributed by atoms with Crippen LogP contribution < -0.4 is 5.32 Å². The minimum absolute atomic E-state index is 0.169. The number of ether oxygens (including phenoxy) is 1. The Balaban J connectivity index is 1.69. The smallest absolute Gasteiger partial charge is 0.346 e. The standard InChI is InChI=1S/C17H19NO4/c19-15(12-7-4-10-18-12)14-16(20)13(22-17(14)21)9-8-11-5-2-1-3-6-11/h1-3,5-6,12-13,18,20H,4,7-10H2/t12-,13+/m0/s1. The highest BCUT2D eigenvalue weighted by Crippen LogP contribution is 2.27. The van der Waals surface area contributed by atoms with Gasteiger partial charge in [0.05, 0.1) is 6.04 Å². The van der Waals surface area contributed by atoms with Crippen molar-refractivity contribution in [1.29, 1.82) is 0 Å². The average molecular weight is 301 g/mol. The minimum atomic E-state index is -0.715. The average Bonchev–Trinajstić information content (AvgIpc) is 3.15. The van der Waals surface area contributed by atoms with E-state index in [0.29, 0.717) is 19.3 Å². The molecule has 0 aromatic heterocycles. The van der Waals surface area contributed by atoms with E-state index in [1.165, 1.54) is 0 Å². The fraction of sp³-hybridized carbons (Fsp3) is 0.412. The highest BCUT2D eigenvalue weighted by molar-refractivity contribution is 6.20. The Labute approximate surface area is 129 Å². The maximum absolute atomic E-state index is 12.3. The molecular formula is C17H19NO4. The normalized spacial score (nSPS) is 24.6. The van der Waals surface area contributed by atoms with Crippen LogP contribution in [0.1, 0.15) is 24.8 Å². The quantitative estimate of drug-likeness (QED) is 0.639. The summed E-state index contributed by atoms with van der Waals surface area (Å²) in [5, 5.41) is 13.3. The Hall–Kier alpha value is -2.14. The van der Waals surface area contributed by atoms with E-state index < -0.39 is 12.1 Å². The summed E-state index contributed by atoms with van der Waals surface area (Å²) in [5.41, 5.74) is 0.932. The van der Waals surface area contributed by atoms with Gasteiger partial charge in [-0.25, -0.2) is 4.79 Å². The topological polar surface area (TPSA) is 75.6 Å².